The van der Waals surface area contributed by atoms with Gasteiger partial charge in [0, 0.05) is 22.8 Å². The van der Waals surface area contributed by atoms with Crippen LogP contribution in [0.4, 0.5) is 23.2 Å². The Labute approximate surface area is 175 Å². The fourth-order valence-corrected chi connectivity index (χ4v) is 3.11. The molecule has 0 aliphatic carbocycles. The lowest BCUT2D eigenvalue weighted by atomic mass is 10.2. The summed E-state index contributed by atoms with van der Waals surface area (Å²) in [4.78, 5) is 24.4. The zero-order chi connectivity index (χ0) is 22.8. The summed E-state index contributed by atoms with van der Waals surface area (Å²) < 4.78 is 57.7. The highest BCUT2D eigenvalue weighted by Crippen LogP contribution is 2.29. The number of benzene rings is 2. The average Bonchev–Trinajstić information content (AvgIpc) is 3.01. The van der Waals surface area contributed by atoms with Crippen LogP contribution < -0.4 is 5.32 Å². The Morgan fingerprint density at radius 1 is 1.00 bits per heavy atom. The normalized spacial score (nSPS) is 11.3. The lowest BCUT2D eigenvalue weighted by Gasteiger charge is -2.10. The van der Waals surface area contributed by atoms with E-state index in [1.54, 1.807) is 36.6 Å². The number of carbonyl (C=O) groups excluding carboxylic acids is 2. The van der Waals surface area contributed by atoms with E-state index in [9.17, 15) is 27.2 Å². The molecule has 0 saturated carbocycles. The molecule has 2 aromatic carbocycles. The molecular weight excluding hydrogens is 416 g/mol. The molecule has 3 aromatic rings. The molecule has 1 N–H and O–H groups in total. The van der Waals surface area contributed by atoms with Gasteiger partial charge in [0.15, 0.2) is 6.61 Å². The first kappa shape index (κ1) is 22.1. The summed E-state index contributed by atoms with van der Waals surface area (Å²) in [6.07, 6.45) is -4.47. The molecule has 1 heterocycles. The predicted octanol–water partition coefficient (Wildman–Crippen LogP) is 5.05. The van der Waals surface area contributed by atoms with Gasteiger partial charge < -0.3 is 14.6 Å². The minimum absolute atomic E-state index is 0.142. The van der Waals surface area contributed by atoms with Gasteiger partial charge in [-0.2, -0.15) is 13.2 Å². The first-order valence-electron chi connectivity index (χ1n) is 9.15. The summed E-state index contributed by atoms with van der Waals surface area (Å²) in [7, 11) is 0. The lowest BCUT2D eigenvalue weighted by Crippen LogP contribution is -2.21. The van der Waals surface area contributed by atoms with E-state index in [4.69, 9.17) is 4.74 Å². The summed E-state index contributed by atoms with van der Waals surface area (Å²) in [5, 5.41) is 2.37. The summed E-state index contributed by atoms with van der Waals surface area (Å²) in [6, 6.07) is 11.2. The molecule has 3 rings (SSSR count). The van der Waals surface area contributed by atoms with Crippen molar-refractivity contribution in [2.24, 2.45) is 0 Å². The highest BCUT2D eigenvalue weighted by Gasteiger charge is 2.30. The second-order valence-electron chi connectivity index (χ2n) is 6.80. The number of rotatable bonds is 5. The fraction of sp³-hybridized carbons (Fsp3) is 0.182. The van der Waals surface area contributed by atoms with E-state index in [0.717, 1.165) is 24.3 Å². The Morgan fingerprint density at radius 3 is 2.19 bits per heavy atom. The lowest BCUT2D eigenvalue weighted by molar-refractivity contribution is -0.137. The zero-order valence-electron chi connectivity index (χ0n) is 16.6. The smallest absolute Gasteiger partial charge is 0.416 e. The molecule has 1 aromatic heterocycles. The van der Waals surface area contributed by atoms with Gasteiger partial charge >= 0.3 is 12.1 Å². The summed E-state index contributed by atoms with van der Waals surface area (Å²) in [5.41, 5.74) is 1.47. The highest BCUT2D eigenvalue weighted by atomic mass is 19.4. The van der Waals surface area contributed by atoms with Gasteiger partial charge in [0.2, 0.25) is 0 Å². The van der Waals surface area contributed by atoms with Crippen LogP contribution in [-0.2, 0) is 15.7 Å². The van der Waals surface area contributed by atoms with E-state index in [0.29, 0.717) is 17.1 Å². The number of ether oxygens (including phenoxy) is 1. The molecule has 0 spiro atoms. The molecule has 0 radical (unpaired) electrons. The number of nitrogens with zero attached hydrogens (tertiary/aromatic N) is 1. The van der Waals surface area contributed by atoms with E-state index >= 15 is 0 Å². The van der Waals surface area contributed by atoms with Crippen molar-refractivity contribution in [2.45, 2.75) is 20.0 Å². The van der Waals surface area contributed by atoms with Crippen LogP contribution in [0, 0.1) is 19.7 Å². The van der Waals surface area contributed by atoms with Crippen molar-refractivity contribution in [3.8, 4) is 5.69 Å². The maximum atomic E-state index is 13.2. The van der Waals surface area contributed by atoms with Crippen molar-refractivity contribution in [3.05, 3.63) is 82.9 Å². The minimum Gasteiger partial charge on any atom is -0.452 e. The number of amides is 1. The number of anilines is 1. The molecule has 0 atom stereocenters. The summed E-state index contributed by atoms with van der Waals surface area (Å²) in [5.74, 6) is -1.81. The molecule has 0 fully saturated rings. The van der Waals surface area contributed by atoms with Crippen LogP contribution in [-0.4, -0.2) is 23.1 Å². The Balaban J connectivity index is 1.64. The van der Waals surface area contributed by atoms with Gasteiger partial charge in [-0.1, -0.05) is 0 Å². The monoisotopic (exact) mass is 434 g/mol. The number of aromatic nitrogens is 1. The topological polar surface area (TPSA) is 60.3 Å². The van der Waals surface area contributed by atoms with Gasteiger partial charge in [-0.15, -0.1) is 0 Å². The fourth-order valence-electron chi connectivity index (χ4n) is 3.11. The second kappa shape index (κ2) is 8.63. The number of nitrogens with one attached hydrogen (secondary N) is 1. The van der Waals surface area contributed by atoms with E-state index < -0.39 is 30.2 Å². The summed E-state index contributed by atoms with van der Waals surface area (Å²) >= 11 is 0. The third kappa shape index (κ3) is 5.11. The van der Waals surface area contributed by atoms with E-state index in [1.807, 2.05) is 0 Å². The van der Waals surface area contributed by atoms with E-state index in [1.165, 1.54) is 12.1 Å². The van der Waals surface area contributed by atoms with Gasteiger partial charge in [0.25, 0.3) is 5.91 Å². The van der Waals surface area contributed by atoms with Crippen LogP contribution in [0.15, 0.2) is 54.6 Å². The predicted molar refractivity (Wildman–Crippen MR) is 106 cm³/mol. The maximum Gasteiger partial charge on any atom is 0.416 e. The molecule has 5 nitrogen and oxygen atoms in total. The number of halogens is 4. The van der Waals surface area contributed by atoms with Crippen LogP contribution in [0.1, 0.15) is 27.3 Å². The SMILES string of the molecule is Cc1cc(C(=O)OCC(=O)Nc2ccc(C(F)(F)F)cc2)c(C)n1-c1ccc(F)cc1. The van der Waals surface area contributed by atoms with Gasteiger partial charge in [0.05, 0.1) is 11.1 Å². The van der Waals surface area contributed by atoms with Crippen LogP contribution in [0.25, 0.3) is 5.69 Å². The summed E-state index contributed by atoms with van der Waals surface area (Å²) in [6.45, 7) is 2.85. The molecule has 0 aliphatic heterocycles. The largest absolute Gasteiger partial charge is 0.452 e. The molecule has 9 heteroatoms. The first-order valence-corrected chi connectivity index (χ1v) is 9.15. The Kier molecular flexibility index (Phi) is 6.14. The van der Waals surface area contributed by atoms with Crippen molar-refractivity contribution >= 4 is 17.6 Å². The molecule has 0 aliphatic rings. The van der Waals surface area contributed by atoms with Crippen molar-refractivity contribution in [1.29, 1.82) is 0 Å². The van der Waals surface area contributed by atoms with Crippen LogP contribution in [0.3, 0.4) is 0 Å². The van der Waals surface area contributed by atoms with Gasteiger partial charge in [-0.3, -0.25) is 4.79 Å². The molecule has 31 heavy (non-hydrogen) atoms. The number of esters is 1. The number of hydrogen-bond donors (Lipinski definition) is 1. The Hall–Kier alpha value is -3.62. The minimum atomic E-state index is -4.47. The van der Waals surface area contributed by atoms with Crippen molar-refractivity contribution in [2.75, 3.05) is 11.9 Å². The quantitative estimate of drug-likeness (QED) is 0.452. The van der Waals surface area contributed by atoms with E-state index in [-0.39, 0.29) is 17.1 Å². The Bertz CT molecular complexity index is 1100. The third-order valence-electron chi connectivity index (χ3n) is 4.57. The van der Waals surface area contributed by atoms with Crippen LogP contribution >= 0.6 is 0 Å². The van der Waals surface area contributed by atoms with Crippen molar-refractivity contribution in [1.82, 2.24) is 4.57 Å². The van der Waals surface area contributed by atoms with Gasteiger partial charge in [0.1, 0.15) is 5.82 Å². The molecule has 0 bridgehead atoms. The molecule has 1 amide bonds. The zero-order valence-corrected chi connectivity index (χ0v) is 16.6. The highest BCUT2D eigenvalue weighted by molar-refractivity contribution is 5.96. The first-order chi connectivity index (χ1) is 14.6. The Morgan fingerprint density at radius 2 is 1.61 bits per heavy atom. The van der Waals surface area contributed by atoms with Crippen LogP contribution in [0.2, 0.25) is 0 Å². The third-order valence-corrected chi connectivity index (χ3v) is 4.57. The number of aryl methyl sites for hydroxylation is 1. The van der Waals surface area contributed by atoms with Crippen molar-refractivity contribution < 1.29 is 31.9 Å². The standard InChI is InChI=1S/C22H18F4N2O3/c1-13-11-19(14(2)28(13)18-9-5-16(23)6-10-18)21(30)31-12-20(29)27-17-7-3-15(4-8-17)22(24,25)26/h3-11H,12H2,1-2H3,(H,27,29). The van der Waals surface area contributed by atoms with Gasteiger partial charge in [-0.25, -0.2) is 9.18 Å². The molecule has 0 saturated heterocycles. The van der Waals surface area contributed by atoms with Gasteiger partial charge in [-0.05, 0) is 68.4 Å². The second-order valence-corrected chi connectivity index (χ2v) is 6.80. The number of alkyl halides is 3. The molecular formula is C22H18F4N2O3. The molecule has 162 valence electrons. The molecule has 0 unspecified atom stereocenters. The van der Waals surface area contributed by atoms with Crippen molar-refractivity contribution in [3.63, 3.8) is 0 Å². The number of hydrogen-bond acceptors (Lipinski definition) is 3. The van der Waals surface area contributed by atoms with E-state index in [2.05, 4.69) is 5.32 Å². The average molecular weight is 434 g/mol. The number of carbonyl (C=O) groups is 2. The maximum absolute atomic E-state index is 13.2. The van der Waals surface area contributed by atoms with Crippen LogP contribution in [0.5, 0.6) is 0 Å².